The van der Waals surface area contributed by atoms with E-state index in [4.69, 9.17) is 11.6 Å². The van der Waals surface area contributed by atoms with Gasteiger partial charge in [0.15, 0.2) is 0 Å². The van der Waals surface area contributed by atoms with Gasteiger partial charge in [-0.3, -0.25) is 4.98 Å². The minimum atomic E-state index is 0.243. The van der Waals surface area contributed by atoms with Crippen molar-refractivity contribution in [1.29, 1.82) is 0 Å². The number of halogens is 1. The first-order valence-corrected chi connectivity index (χ1v) is 5.39. The molecule has 0 aromatic carbocycles. The van der Waals surface area contributed by atoms with E-state index in [0.29, 0.717) is 0 Å². The average Bonchev–Trinajstić information content (AvgIpc) is 2.12. The Morgan fingerprint density at radius 3 is 2.93 bits per heavy atom. The molecule has 1 N–H and O–H groups in total. The maximum Gasteiger partial charge on any atom is 0.0544 e. The summed E-state index contributed by atoms with van der Waals surface area (Å²) in [5.41, 5.74) is 2.15. The number of hydrogen-bond acceptors (Lipinski definition) is 2. The number of aryl methyl sites for hydroxylation is 1. The van der Waals surface area contributed by atoms with Crippen LogP contribution in [0.15, 0.2) is 18.2 Å². The molecule has 78 valence electrons. The Morgan fingerprint density at radius 2 is 2.29 bits per heavy atom. The van der Waals surface area contributed by atoms with Gasteiger partial charge in [-0.2, -0.15) is 0 Å². The van der Waals surface area contributed by atoms with E-state index in [1.54, 1.807) is 0 Å². The van der Waals surface area contributed by atoms with Gasteiger partial charge in [0.1, 0.15) is 0 Å². The summed E-state index contributed by atoms with van der Waals surface area (Å²) in [6.07, 6.45) is 0.993. The number of alkyl halides is 1. The van der Waals surface area contributed by atoms with Crippen LogP contribution >= 0.6 is 11.6 Å². The summed E-state index contributed by atoms with van der Waals surface area (Å²) in [7, 11) is 0. The molecule has 1 heterocycles. The first-order valence-electron chi connectivity index (χ1n) is 4.96. The van der Waals surface area contributed by atoms with Crippen LogP contribution < -0.4 is 5.32 Å². The van der Waals surface area contributed by atoms with Crippen LogP contribution in [0, 0.1) is 6.92 Å². The highest BCUT2D eigenvalue weighted by Gasteiger charge is 1.97. The minimum Gasteiger partial charge on any atom is -0.311 e. The number of nitrogens with one attached hydrogen (secondary N) is 1. The second-order valence-electron chi connectivity index (χ2n) is 3.52. The highest BCUT2D eigenvalue weighted by atomic mass is 35.5. The van der Waals surface area contributed by atoms with Gasteiger partial charge in [0.25, 0.3) is 0 Å². The molecule has 3 heteroatoms. The summed E-state index contributed by atoms with van der Waals surface area (Å²) in [6.45, 7) is 5.78. The number of aromatic nitrogens is 1. The minimum absolute atomic E-state index is 0.243. The Balaban J connectivity index is 2.25. The summed E-state index contributed by atoms with van der Waals surface area (Å²) in [6, 6.07) is 6.07. The molecule has 0 aliphatic heterocycles. The van der Waals surface area contributed by atoms with Gasteiger partial charge in [0.05, 0.1) is 5.69 Å². The van der Waals surface area contributed by atoms with Crippen LogP contribution in [-0.2, 0) is 6.54 Å². The zero-order chi connectivity index (χ0) is 10.4. The Morgan fingerprint density at radius 1 is 1.50 bits per heavy atom. The second kappa shape index (κ2) is 5.99. The molecule has 0 amide bonds. The van der Waals surface area contributed by atoms with E-state index in [1.807, 2.05) is 32.0 Å². The van der Waals surface area contributed by atoms with E-state index in [-0.39, 0.29) is 5.38 Å². The zero-order valence-corrected chi connectivity index (χ0v) is 9.51. The van der Waals surface area contributed by atoms with Gasteiger partial charge in [0.2, 0.25) is 0 Å². The molecule has 0 bridgehead atoms. The molecule has 0 fully saturated rings. The summed E-state index contributed by atoms with van der Waals surface area (Å²) in [4.78, 5) is 4.39. The first kappa shape index (κ1) is 11.5. The Hall–Kier alpha value is -0.600. The van der Waals surface area contributed by atoms with E-state index in [1.165, 1.54) is 0 Å². The molecule has 0 saturated carbocycles. The third kappa shape index (κ3) is 4.58. The molecular weight excluding hydrogens is 196 g/mol. The van der Waals surface area contributed by atoms with E-state index < -0.39 is 0 Å². The Bertz CT molecular complexity index is 274. The molecule has 1 rings (SSSR count). The lowest BCUT2D eigenvalue weighted by Gasteiger charge is -2.05. The standard InChI is InChI=1S/C11H17ClN2/c1-9(12)6-7-13-8-11-5-3-4-10(2)14-11/h3-5,9,13H,6-8H2,1-2H3. The van der Waals surface area contributed by atoms with Crippen molar-refractivity contribution >= 4 is 11.6 Å². The van der Waals surface area contributed by atoms with Crippen LogP contribution in [0.3, 0.4) is 0 Å². The number of pyridine rings is 1. The molecule has 14 heavy (non-hydrogen) atoms. The highest BCUT2D eigenvalue weighted by molar-refractivity contribution is 6.20. The van der Waals surface area contributed by atoms with Crippen LogP contribution in [0.4, 0.5) is 0 Å². The molecular formula is C11H17ClN2. The van der Waals surface area contributed by atoms with Crippen molar-refractivity contribution < 1.29 is 0 Å². The summed E-state index contributed by atoms with van der Waals surface area (Å²) in [5.74, 6) is 0. The van der Waals surface area contributed by atoms with Gasteiger partial charge in [-0.05, 0) is 38.9 Å². The molecule has 0 aliphatic carbocycles. The maximum atomic E-state index is 5.83. The predicted molar refractivity (Wildman–Crippen MR) is 60.6 cm³/mol. The molecule has 0 saturated heterocycles. The lowest BCUT2D eigenvalue weighted by molar-refractivity contribution is 0.635. The van der Waals surface area contributed by atoms with E-state index in [9.17, 15) is 0 Å². The second-order valence-corrected chi connectivity index (χ2v) is 4.26. The molecule has 1 aromatic rings. The van der Waals surface area contributed by atoms with Gasteiger partial charge in [-0.25, -0.2) is 0 Å². The van der Waals surface area contributed by atoms with Gasteiger partial charge >= 0.3 is 0 Å². The third-order valence-corrected chi connectivity index (χ3v) is 2.19. The first-order chi connectivity index (χ1) is 6.68. The molecule has 0 spiro atoms. The smallest absolute Gasteiger partial charge is 0.0544 e. The quantitative estimate of drug-likeness (QED) is 0.599. The fourth-order valence-electron chi connectivity index (χ4n) is 1.22. The van der Waals surface area contributed by atoms with Crippen LogP contribution in [0.1, 0.15) is 24.7 Å². The largest absolute Gasteiger partial charge is 0.311 e. The Kier molecular flexibility index (Phi) is 4.91. The number of nitrogens with zero attached hydrogens (tertiary/aromatic N) is 1. The summed E-state index contributed by atoms with van der Waals surface area (Å²) < 4.78 is 0. The molecule has 0 aliphatic rings. The third-order valence-electron chi connectivity index (χ3n) is 1.97. The van der Waals surface area contributed by atoms with E-state index >= 15 is 0 Å². The zero-order valence-electron chi connectivity index (χ0n) is 8.76. The van der Waals surface area contributed by atoms with Gasteiger partial charge in [-0.1, -0.05) is 6.07 Å². The molecule has 1 unspecified atom stereocenters. The Labute approximate surface area is 90.7 Å². The topological polar surface area (TPSA) is 24.9 Å². The van der Waals surface area contributed by atoms with Crippen LogP contribution in [0.25, 0.3) is 0 Å². The lowest BCUT2D eigenvalue weighted by atomic mass is 10.3. The lowest BCUT2D eigenvalue weighted by Crippen LogP contribution is -2.17. The fourth-order valence-corrected chi connectivity index (χ4v) is 1.32. The van der Waals surface area contributed by atoms with Crippen molar-refractivity contribution in [3.05, 3.63) is 29.6 Å². The van der Waals surface area contributed by atoms with Crippen molar-refractivity contribution in [2.45, 2.75) is 32.2 Å². The average molecular weight is 213 g/mol. The van der Waals surface area contributed by atoms with Crippen LogP contribution in [0.2, 0.25) is 0 Å². The van der Waals surface area contributed by atoms with E-state index in [0.717, 1.165) is 30.9 Å². The van der Waals surface area contributed by atoms with Gasteiger partial charge in [-0.15, -0.1) is 11.6 Å². The summed E-state index contributed by atoms with van der Waals surface area (Å²) >= 11 is 5.83. The van der Waals surface area contributed by atoms with Gasteiger partial charge < -0.3 is 5.32 Å². The number of hydrogen-bond donors (Lipinski definition) is 1. The van der Waals surface area contributed by atoms with Crippen molar-refractivity contribution in [2.75, 3.05) is 6.54 Å². The number of rotatable bonds is 5. The maximum absolute atomic E-state index is 5.83. The van der Waals surface area contributed by atoms with Crippen LogP contribution in [0.5, 0.6) is 0 Å². The molecule has 1 atom stereocenters. The van der Waals surface area contributed by atoms with Crippen LogP contribution in [-0.4, -0.2) is 16.9 Å². The normalized spacial score (nSPS) is 12.8. The molecule has 0 radical (unpaired) electrons. The van der Waals surface area contributed by atoms with Crippen molar-refractivity contribution in [3.8, 4) is 0 Å². The van der Waals surface area contributed by atoms with Gasteiger partial charge in [0, 0.05) is 17.6 Å². The monoisotopic (exact) mass is 212 g/mol. The summed E-state index contributed by atoms with van der Waals surface area (Å²) in [5, 5.41) is 3.56. The van der Waals surface area contributed by atoms with Crippen molar-refractivity contribution in [2.24, 2.45) is 0 Å². The predicted octanol–water partition coefficient (Wildman–Crippen LogP) is 2.50. The van der Waals surface area contributed by atoms with Crippen molar-refractivity contribution in [3.63, 3.8) is 0 Å². The fraction of sp³-hybridized carbons (Fsp3) is 0.545. The molecule has 1 aromatic heterocycles. The van der Waals surface area contributed by atoms with E-state index in [2.05, 4.69) is 10.3 Å². The van der Waals surface area contributed by atoms with Crippen molar-refractivity contribution in [1.82, 2.24) is 10.3 Å². The molecule has 2 nitrogen and oxygen atoms in total. The highest BCUT2D eigenvalue weighted by Crippen LogP contribution is 1.99. The SMILES string of the molecule is Cc1cccc(CNCCC(C)Cl)n1.